The Labute approximate surface area is 102 Å². The van der Waals surface area contributed by atoms with Crippen molar-refractivity contribution in [1.29, 1.82) is 0 Å². The summed E-state index contributed by atoms with van der Waals surface area (Å²) in [5.74, 6) is 0. The van der Waals surface area contributed by atoms with E-state index in [0.717, 1.165) is 24.1 Å². The van der Waals surface area contributed by atoms with Gasteiger partial charge in [-0.3, -0.25) is 0 Å². The van der Waals surface area contributed by atoms with Crippen molar-refractivity contribution in [2.24, 2.45) is 7.05 Å². The van der Waals surface area contributed by atoms with Crippen LogP contribution in [-0.2, 0) is 7.05 Å². The van der Waals surface area contributed by atoms with Crippen LogP contribution in [0.25, 0.3) is 11.0 Å². The predicted octanol–water partition coefficient (Wildman–Crippen LogP) is 1.92. The quantitative estimate of drug-likeness (QED) is 0.644. The van der Waals surface area contributed by atoms with Crippen molar-refractivity contribution in [1.82, 2.24) is 20.3 Å². The lowest BCUT2D eigenvalue weighted by Crippen LogP contribution is -2.11. The molecule has 1 heterocycles. The third-order valence-electron chi connectivity index (χ3n) is 2.09. The normalized spacial score (nSPS) is 9.47. The van der Waals surface area contributed by atoms with Crippen molar-refractivity contribution in [2.75, 3.05) is 13.1 Å². The van der Waals surface area contributed by atoms with Crippen molar-refractivity contribution in [3.63, 3.8) is 0 Å². The first-order valence-electron chi connectivity index (χ1n) is 5.46. The van der Waals surface area contributed by atoms with Crippen molar-refractivity contribution in [3.8, 4) is 0 Å². The van der Waals surface area contributed by atoms with E-state index in [1.165, 1.54) is 0 Å². The number of aromatic nitrogens is 3. The number of rotatable bonds is 4. The molecular weight excluding hydrogens is 212 g/mol. The summed E-state index contributed by atoms with van der Waals surface area (Å²) in [4.78, 5) is 0. The zero-order valence-corrected chi connectivity index (χ0v) is 10.1. The Balaban J connectivity index is 0.000000185. The lowest BCUT2D eigenvalue weighted by Gasteiger charge is -1.90. The second-order valence-electron chi connectivity index (χ2n) is 3.44. The van der Waals surface area contributed by atoms with Crippen LogP contribution in [0, 0.1) is 0 Å². The molecule has 0 saturated heterocycles. The minimum atomic E-state index is 0.867. The van der Waals surface area contributed by atoms with Crippen molar-refractivity contribution < 1.29 is 0 Å². The van der Waals surface area contributed by atoms with Crippen LogP contribution in [0.5, 0.6) is 0 Å². The molecule has 17 heavy (non-hydrogen) atoms. The van der Waals surface area contributed by atoms with Crippen molar-refractivity contribution in [3.05, 3.63) is 49.6 Å². The molecule has 2 rings (SSSR count). The van der Waals surface area contributed by atoms with Gasteiger partial charge < -0.3 is 5.32 Å². The zero-order valence-electron chi connectivity index (χ0n) is 10.1. The highest BCUT2D eigenvalue weighted by Crippen LogP contribution is 2.06. The molecule has 0 amide bonds. The average molecular weight is 230 g/mol. The van der Waals surface area contributed by atoms with Gasteiger partial charge in [0.15, 0.2) is 0 Å². The number of hydrogen-bond acceptors (Lipinski definition) is 3. The second-order valence-corrected chi connectivity index (χ2v) is 3.44. The van der Waals surface area contributed by atoms with E-state index in [1.807, 2.05) is 43.5 Å². The summed E-state index contributed by atoms with van der Waals surface area (Å²) in [6, 6.07) is 7.88. The molecule has 4 heteroatoms. The first-order valence-corrected chi connectivity index (χ1v) is 5.46. The zero-order chi connectivity index (χ0) is 12.5. The molecule has 90 valence electrons. The third-order valence-corrected chi connectivity index (χ3v) is 2.09. The second kappa shape index (κ2) is 7.35. The van der Waals surface area contributed by atoms with Crippen LogP contribution in [-0.4, -0.2) is 28.1 Å². The Kier molecular flexibility index (Phi) is 5.68. The maximum absolute atomic E-state index is 3.93. The maximum Gasteiger partial charge on any atom is 0.113 e. The molecule has 4 nitrogen and oxygen atoms in total. The van der Waals surface area contributed by atoms with Gasteiger partial charge in [0, 0.05) is 20.1 Å². The topological polar surface area (TPSA) is 42.7 Å². The van der Waals surface area contributed by atoms with Crippen LogP contribution in [0.15, 0.2) is 49.6 Å². The lowest BCUT2D eigenvalue weighted by atomic mass is 10.3. The minimum Gasteiger partial charge on any atom is -0.310 e. The van der Waals surface area contributed by atoms with Crippen LogP contribution in [0.4, 0.5) is 0 Å². The summed E-state index contributed by atoms with van der Waals surface area (Å²) in [5.41, 5.74) is 2.02. The van der Waals surface area contributed by atoms with Crippen LogP contribution >= 0.6 is 0 Å². The minimum absolute atomic E-state index is 0.867. The van der Waals surface area contributed by atoms with Crippen molar-refractivity contribution >= 4 is 11.0 Å². The number of aryl methyl sites for hydroxylation is 1. The standard InChI is InChI=1S/C7H7N3.C6H11N/c1-10-7-5-3-2-4-6(7)8-9-10;1-3-5-7-6-4-2/h2-5H,1H3;3-4,7H,1-2,5-6H2. The summed E-state index contributed by atoms with van der Waals surface area (Å²) in [6.07, 6.45) is 3.65. The predicted molar refractivity (Wildman–Crippen MR) is 71.8 cm³/mol. The van der Waals surface area contributed by atoms with E-state index < -0.39 is 0 Å². The summed E-state index contributed by atoms with van der Waals surface area (Å²) < 4.78 is 1.76. The number of nitrogens with one attached hydrogen (secondary N) is 1. The van der Waals surface area contributed by atoms with Crippen LogP contribution in [0.3, 0.4) is 0 Å². The fourth-order valence-electron chi connectivity index (χ4n) is 1.27. The Bertz CT molecular complexity index is 465. The number of nitrogens with zero attached hydrogens (tertiary/aromatic N) is 3. The molecule has 1 aromatic heterocycles. The molecule has 0 radical (unpaired) electrons. The van der Waals surface area contributed by atoms with Gasteiger partial charge in [-0.1, -0.05) is 29.5 Å². The summed E-state index contributed by atoms with van der Waals surface area (Å²) in [6.45, 7) is 8.81. The van der Waals surface area contributed by atoms with E-state index in [2.05, 4.69) is 28.8 Å². The highest BCUT2D eigenvalue weighted by molar-refractivity contribution is 5.73. The monoisotopic (exact) mass is 230 g/mol. The molecule has 0 aliphatic rings. The largest absolute Gasteiger partial charge is 0.310 e. The van der Waals surface area contributed by atoms with Gasteiger partial charge in [-0.05, 0) is 12.1 Å². The van der Waals surface area contributed by atoms with Gasteiger partial charge in [-0.15, -0.1) is 18.3 Å². The molecule has 0 saturated carbocycles. The highest BCUT2D eigenvalue weighted by Gasteiger charge is 1.95. The maximum atomic E-state index is 3.93. The van der Waals surface area contributed by atoms with E-state index in [1.54, 1.807) is 4.68 Å². The van der Waals surface area contributed by atoms with Gasteiger partial charge in [0.05, 0.1) is 5.52 Å². The van der Waals surface area contributed by atoms with Crippen molar-refractivity contribution in [2.45, 2.75) is 0 Å². The van der Waals surface area contributed by atoms with Crippen LogP contribution < -0.4 is 5.32 Å². The Morgan fingerprint density at radius 1 is 1.24 bits per heavy atom. The van der Waals surface area contributed by atoms with E-state index in [-0.39, 0.29) is 0 Å². The SMILES string of the molecule is C=CCNCC=C.Cn1nnc2ccccc21. The van der Waals surface area contributed by atoms with Gasteiger partial charge in [-0.2, -0.15) is 0 Å². The third kappa shape index (κ3) is 4.20. The molecule has 1 aromatic carbocycles. The van der Waals surface area contributed by atoms with Crippen LogP contribution in [0.1, 0.15) is 0 Å². The Morgan fingerprint density at radius 3 is 2.47 bits per heavy atom. The molecule has 0 atom stereocenters. The summed E-state index contributed by atoms with van der Waals surface area (Å²) >= 11 is 0. The summed E-state index contributed by atoms with van der Waals surface area (Å²) in [5, 5.41) is 10.8. The molecule has 0 unspecified atom stereocenters. The molecule has 0 aliphatic heterocycles. The number of fused-ring (bicyclic) bond motifs is 1. The average Bonchev–Trinajstić information content (AvgIpc) is 2.74. The Hall–Kier alpha value is -1.94. The van der Waals surface area contributed by atoms with Gasteiger partial charge in [0.1, 0.15) is 5.52 Å². The molecule has 2 aromatic rings. The molecule has 0 aliphatic carbocycles. The smallest absolute Gasteiger partial charge is 0.113 e. The lowest BCUT2D eigenvalue weighted by molar-refractivity contribution is 0.736. The number of benzene rings is 1. The molecule has 0 spiro atoms. The van der Waals surface area contributed by atoms with E-state index >= 15 is 0 Å². The van der Waals surface area contributed by atoms with Gasteiger partial charge in [-0.25, -0.2) is 4.68 Å². The van der Waals surface area contributed by atoms with Gasteiger partial charge >= 0.3 is 0 Å². The van der Waals surface area contributed by atoms with Crippen LogP contribution in [0.2, 0.25) is 0 Å². The van der Waals surface area contributed by atoms with E-state index in [9.17, 15) is 0 Å². The van der Waals surface area contributed by atoms with Gasteiger partial charge in [0.25, 0.3) is 0 Å². The molecule has 0 fully saturated rings. The first kappa shape index (κ1) is 13.1. The highest BCUT2D eigenvalue weighted by atomic mass is 15.4. The van der Waals surface area contributed by atoms with E-state index in [4.69, 9.17) is 0 Å². The fourth-order valence-corrected chi connectivity index (χ4v) is 1.27. The Morgan fingerprint density at radius 2 is 1.88 bits per heavy atom. The molecular formula is C13H18N4. The molecule has 1 N–H and O–H groups in total. The van der Waals surface area contributed by atoms with E-state index in [0.29, 0.717) is 0 Å². The summed E-state index contributed by atoms with van der Waals surface area (Å²) in [7, 11) is 1.88. The number of hydrogen-bond donors (Lipinski definition) is 1. The first-order chi connectivity index (χ1) is 8.29. The number of para-hydroxylation sites is 1. The van der Waals surface area contributed by atoms with Gasteiger partial charge in [0.2, 0.25) is 0 Å². The molecule has 0 bridgehead atoms. The fraction of sp³-hybridized carbons (Fsp3) is 0.231.